The summed E-state index contributed by atoms with van der Waals surface area (Å²) in [5.74, 6) is -3.46. The summed E-state index contributed by atoms with van der Waals surface area (Å²) >= 11 is 0. The third-order valence-electron chi connectivity index (χ3n) is 5.40. The number of carboxylic acids is 1. The number of furan rings is 1. The van der Waals surface area contributed by atoms with E-state index in [2.05, 4.69) is 0 Å². The number of hydrogen-bond acceptors (Lipinski definition) is 5. The minimum absolute atomic E-state index is 0.0152. The van der Waals surface area contributed by atoms with E-state index in [4.69, 9.17) is 9.15 Å². The van der Waals surface area contributed by atoms with Crippen molar-refractivity contribution >= 4 is 11.9 Å². The second kappa shape index (κ2) is 7.72. The average Bonchev–Trinajstić information content (AvgIpc) is 3.21. The molecule has 0 N–H and O–H groups in total. The molecule has 0 spiro atoms. The van der Waals surface area contributed by atoms with Gasteiger partial charge in [-0.1, -0.05) is 60.7 Å². The minimum atomic E-state index is -1.15. The number of carbonyl (C=O) groups excluding carboxylic acids is 2. The lowest BCUT2D eigenvalue weighted by Crippen LogP contribution is -2.55. The number of aliphatic carboxylic acids is 1. The summed E-state index contributed by atoms with van der Waals surface area (Å²) in [6.07, 6.45) is 1.51. The van der Waals surface area contributed by atoms with Gasteiger partial charge in [-0.05, 0) is 23.3 Å². The van der Waals surface area contributed by atoms with Crippen molar-refractivity contribution in [1.29, 1.82) is 0 Å². The van der Waals surface area contributed by atoms with Crippen molar-refractivity contribution in [2.24, 2.45) is 11.8 Å². The van der Waals surface area contributed by atoms with Crippen LogP contribution in [0.25, 0.3) is 0 Å². The maximum atomic E-state index is 13.0. The van der Waals surface area contributed by atoms with Crippen LogP contribution in [0.1, 0.15) is 28.7 Å². The summed E-state index contributed by atoms with van der Waals surface area (Å²) in [5, 5.41) is 12.0. The van der Waals surface area contributed by atoms with Crippen molar-refractivity contribution in [3.05, 3.63) is 95.9 Å². The molecule has 0 saturated heterocycles. The van der Waals surface area contributed by atoms with Crippen LogP contribution in [0.3, 0.4) is 0 Å². The fourth-order valence-corrected chi connectivity index (χ4v) is 4.15. The molecule has 1 saturated carbocycles. The zero-order chi connectivity index (χ0) is 19.5. The van der Waals surface area contributed by atoms with Gasteiger partial charge in [0.2, 0.25) is 0 Å². The van der Waals surface area contributed by atoms with Gasteiger partial charge in [-0.2, -0.15) is 0 Å². The van der Waals surface area contributed by atoms with Gasteiger partial charge in [0.1, 0.15) is 12.4 Å². The lowest BCUT2D eigenvalue weighted by atomic mass is 9.52. The molecule has 0 amide bonds. The number of hydrogen-bond donors (Lipinski definition) is 0. The predicted octanol–water partition coefficient (Wildman–Crippen LogP) is 2.89. The topological polar surface area (TPSA) is 79.6 Å². The fourth-order valence-electron chi connectivity index (χ4n) is 4.15. The van der Waals surface area contributed by atoms with Gasteiger partial charge in [0, 0.05) is 23.7 Å². The summed E-state index contributed by atoms with van der Waals surface area (Å²) in [5.41, 5.74) is 1.59. The molecule has 2 atom stereocenters. The Morgan fingerprint density at radius 1 is 0.821 bits per heavy atom. The van der Waals surface area contributed by atoms with Crippen LogP contribution in [0.4, 0.5) is 0 Å². The van der Waals surface area contributed by atoms with Gasteiger partial charge in [0.05, 0.1) is 12.2 Å². The van der Waals surface area contributed by atoms with Crippen LogP contribution in [0.2, 0.25) is 0 Å². The molecular formula is C23H19O5-. The number of carboxylic acid groups (broad SMARTS) is 1. The van der Waals surface area contributed by atoms with Crippen LogP contribution in [0.5, 0.6) is 0 Å². The van der Waals surface area contributed by atoms with E-state index >= 15 is 0 Å². The van der Waals surface area contributed by atoms with Crippen LogP contribution < -0.4 is 5.11 Å². The molecule has 28 heavy (non-hydrogen) atoms. The summed E-state index contributed by atoms with van der Waals surface area (Å²) in [4.78, 5) is 25.0. The monoisotopic (exact) mass is 375 g/mol. The highest BCUT2D eigenvalue weighted by atomic mass is 16.5. The first-order valence-electron chi connectivity index (χ1n) is 9.16. The first-order valence-corrected chi connectivity index (χ1v) is 9.16. The molecule has 142 valence electrons. The second-order valence-electron chi connectivity index (χ2n) is 6.93. The third-order valence-corrected chi connectivity index (χ3v) is 5.40. The fraction of sp³-hybridized carbons (Fsp3) is 0.217. The molecule has 1 aliphatic rings. The molecule has 2 aromatic carbocycles. The van der Waals surface area contributed by atoms with E-state index in [-0.39, 0.29) is 6.61 Å². The maximum Gasteiger partial charge on any atom is 0.310 e. The van der Waals surface area contributed by atoms with Gasteiger partial charge < -0.3 is 19.1 Å². The Hall–Kier alpha value is -3.34. The van der Waals surface area contributed by atoms with E-state index in [0.717, 1.165) is 11.1 Å². The third kappa shape index (κ3) is 3.31. The second-order valence-corrected chi connectivity index (χ2v) is 6.93. The summed E-state index contributed by atoms with van der Waals surface area (Å²) in [6, 6.07) is 21.9. The van der Waals surface area contributed by atoms with Gasteiger partial charge >= 0.3 is 5.97 Å². The number of carbonyl (C=O) groups is 2. The predicted molar refractivity (Wildman–Crippen MR) is 98.9 cm³/mol. The lowest BCUT2D eigenvalue weighted by molar-refractivity contribution is -0.317. The SMILES string of the molecule is O=C([O-])C1[C@H](c2ccccc2)C(C(=O)OCc2ccco2)[C@H]1c1ccccc1. The summed E-state index contributed by atoms with van der Waals surface area (Å²) in [6.45, 7) is 0.0152. The normalized spacial score (nSPS) is 23.6. The van der Waals surface area contributed by atoms with Gasteiger partial charge in [-0.25, -0.2) is 0 Å². The zero-order valence-electron chi connectivity index (χ0n) is 15.1. The van der Waals surface area contributed by atoms with E-state index in [9.17, 15) is 14.7 Å². The molecule has 1 heterocycles. The first kappa shape index (κ1) is 18.0. The van der Waals surface area contributed by atoms with Crippen LogP contribution in [-0.2, 0) is 20.9 Å². The summed E-state index contributed by atoms with van der Waals surface area (Å²) in [7, 11) is 0. The van der Waals surface area contributed by atoms with Crippen LogP contribution in [-0.4, -0.2) is 11.9 Å². The smallest absolute Gasteiger partial charge is 0.310 e. The lowest BCUT2D eigenvalue weighted by Gasteiger charge is -2.51. The molecule has 1 fully saturated rings. The highest BCUT2D eigenvalue weighted by Gasteiger charge is 2.56. The van der Waals surface area contributed by atoms with Crippen LogP contribution >= 0.6 is 0 Å². The van der Waals surface area contributed by atoms with Crippen LogP contribution in [0.15, 0.2) is 83.5 Å². The molecule has 0 bridgehead atoms. The Kier molecular flexibility index (Phi) is 4.98. The Bertz CT molecular complexity index is 886. The molecule has 5 nitrogen and oxygen atoms in total. The molecule has 0 unspecified atom stereocenters. The Morgan fingerprint density at radius 2 is 1.39 bits per heavy atom. The van der Waals surface area contributed by atoms with E-state index in [1.165, 1.54) is 6.26 Å². The standard InChI is InChI=1S/C23H20O5/c24-22(25)20-18(15-8-3-1-4-9-15)21(19(20)16-10-5-2-6-11-16)23(26)28-14-17-12-7-13-27-17/h1-13,18-21H,14H2,(H,24,25)/p-1/t18-,19-,20?,21?/m0/s1. The number of rotatable bonds is 6. The van der Waals surface area contributed by atoms with E-state index < -0.39 is 35.6 Å². The number of ether oxygens (including phenoxy) is 1. The van der Waals surface area contributed by atoms with Gasteiger partial charge in [-0.3, -0.25) is 4.79 Å². The van der Waals surface area contributed by atoms with Gasteiger partial charge in [0.25, 0.3) is 0 Å². The maximum absolute atomic E-state index is 13.0. The van der Waals surface area contributed by atoms with Crippen molar-refractivity contribution in [2.45, 2.75) is 18.4 Å². The minimum Gasteiger partial charge on any atom is -0.550 e. The molecular weight excluding hydrogens is 356 g/mol. The molecule has 0 radical (unpaired) electrons. The van der Waals surface area contributed by atoms with Crippen LogP contribution in [0, 0.1) is 11.8 Å². The Balaban J connectivity index is 1.66. The Labute approximate surface area is 162 Å². The summed E-state index contributed by atoms with van der Waals surface area (Å²) < 4.78 is 10.7. The van der Waals surface area contributed by atoms with Crippen molar-refractivity contribution in [3.8, 4) is 0 Å². The van der Waals surface area contributed by atoms with Crippen molar-refractivity contribution < 1.29 is 23.8 Å². The van der Waals surface area contributed by atoms with Crippen molar-refractivity contribution in [2.75, 3.05) is 0 Å². The molecule has 5 heteroatoms. The number of benzene rings is 2. The zero-order valence-corrected chi connectivity index (χ0v) is 15.1. The molecule has 4 rings (SSSR count). The van der Waals surface area contributed by atoms with E-state index in [1.54, 1.807) is 12.1 Å². The average molecular weight is 375 g/mol. The molecule has 3 aromatic rings. The van der Waals surface area contributed by atoms with Crippen molar-refractivity contribution in [1.82, 2.24) is 0 Å². The molecule has 1 aromatic heterocycles. The van der Waals surface area contributed by atoms with Gasteiger partial charge in [0.15, 0.2) is 0 Å². The van der Waals surface area contributed by atoms with E-state index in [1.807, 2.05) is 60.7 Å². The van der Waals surface area contributed by atoms with E-state index in [0.29, 0.717) is 5.76 Å². The largest absolute Gasteiger partial charge is 0.550 e. The molecule has 0 aliphatic heterocycles. The highest BCUT2D eigenvalue weighted by molar-refractivity contribution is 5.83. The van der Waals surface area contributed by atoms with Crippen molar-refractivity contribution in [3.63, 3.8) is 0 Å². The molecule has 1 aliphatic carbocycles. The highest BCUT2D eigenvalue weighted by Crippen LogP contribution is 2.57. The Morgan fingerprint density at radius 3 is 1.86 bits per heavy atom. The first-order chi connectivity index (χ1) is 13.7. The van der Waals surface area contributed by atoms with Gasteiger partial charge in [-0.15, -0.1) is 0 Å². The quantitative estimate of drug-likeness (QED) is 0.619. The number of esters is 1.